The van der Waals surface area contributed by atoms with Crippen LogP contribution in [0.5, 0.6) is 5.75 Å². The topological polar surface area (TPSA) is 44.8 Å². The van der Waals surface area contributed by atoms with Gasteiger partial charge < -0.3 is 9.64 Å². The van der Waals surface area contributed by atoms with Gasteiger partial charge in [0.1, 0.15) is 11.8 Å². The van der Waals surface area contributed by atoms with Crippen LogP contribution >= 0.6 is 0 Å². The first kappa shape index (κ1) is 20.9. The standard InChI is InChI=1S/C23H35N3O2/c1-18(2)15-26(23(27)21-8-6-12-24-21)16-19-10-13-25(14-11-19)17-20-7-4-5-9-22(20)28-3/h4-9,18-19,21,24H,10-17H2,1-3H3/t21-/m0/s1. The smallest absolute Gasteiger partial charge is 0.243 e. The summed E-state index contributed by atoms with van der Waals surface area (Å²) in [5.41, 5.74) is 1.25. The molecule has 1 atom stereocenters. The summed E-state index contributed by atoms with van der Waals surface area (Å²) in [4.78, 5) is 17.5. The molecule has 1 saturated heterocycles. The van der Waals surface area contributed by atoms with E-state index in [0.29, 0.717) is 11.8 Å². The third-order valence-corrected chi connectivity index (χ3v) is 5.72. The van der Waals surface area contributed by atoms with Gasteiger partial charge in [0, 0.05) is 31.7 Å². The molecule has 0 aliphatic carbocycles. The van der Waals surface area contributed by atoms with Crippen molar-refractivity contribution in [2.24, 2.45) is 11.8 Å². The lowest BCUT2D eigenvalue weighted by molar-refractivity contribution is -0.133. The monoisotopic (exact) mass is 385 g/mol. The quantitative estimate of drug-likeness (QED) is 0.699. The Labute approximate surface area is 169 Å². The largest absolute Gasteiger partial charge is 0.496 e. The fourth-order valence-electron chi connectivity index (χ4n) is 4.24. The molecule has 5 heteroatoms. The van der Waals surface area contributed by atoms with Crippen LogP contribution in [0.2, 0.25) is 0 Å². The zero-order valence-corrected chi connectivity index (χ0v) is 17.6. The summed E-state index contributed by atoms with van der Waals surface area (Å²) in [6.07, 6.45) is 6.34. The summed E-state index contributed by atoms with van der Waals surface area (Å²) in [6, 6.07) is 8.14. The lowest BCUT2D eigenvalue weighted by atomic mass is 9.95. The number of benzene rings is 1. The lowest BCUT2D eigenvalue weighted by Gasteiger charge is -2.36. The van der Waals surface area contributed by atoms with Crippen LogP contribution in [0.15, 0.2) is 36.4 Å². The minimum absolute atomic E-state index is 0.135. The van der Waals surface area contributed by atoms with E-state index in [0.717, 1.165) is 57.9 Å². The maximum absolute atomic E-state index is 12.9. The van der Waals surface area contributed by atoms with Crippen LogP contribution < -0.4 is 10.1 Å². The van der Waals surface area contributed by atoms with Crippen molar-refractivity contribution in [1.82, 2.24) is 15.1 Å². The Balaban J connectivity index is 1.52. The molecule has 2 aliphatic heterocycles. The molecule has 0 radical (unpaired) electrons. The highest BCUT2D eigenvalue weighted by molar-refractivity contribution is 5.84. The molecule has 28 heavy (non-hydrogen) atoms. The molecule has 1 N–H and O–H groups in total. The number of carbonyl (C=O) groups excluding carboxylic acids is 1. The van der Waals surface area contributed by atoms with E-state index in [4.69, 9.17) is 4.74 Å². The number of likely N-dealkylation sites (tertiary alicyclic amines) is 1. The van der Waals surface area contributed by atoms with E-state index in [-0.39, 0.29) is 11.9 Å². The molecule has 5 nitrogen and oxygen atoms in total. The second-order valence-corrected chi connectivity index (χ2v) is 8.48. The molecule has 1 aromatic rings. The molecule has 0 bridgehead atoms. The van der Waals surface area contributed by atoms with E-state index >= 15 is 0 Å². The first-order valence-electron chi connectivity index (χ1n) is 10.6. The molecule has 154 valence electrons. The molecule has 3 rings (SSSR count). The average molecular weight is 386 g/mol. The first-order chi connectivity index (χ1) is 13.6. The zero-order valence-electron chi connectivity index (χ0n) is 17.6. The zero-order chi connectivity index (χ0) is 19.9. The molecule has 0 saturated carbocycles. The van der Waals surface area contributed by atoms with Crippen LogP contribution in [0, 0.1) is 11.8 Å². The van der Waals surface area contributed by atoms with Crippen LogP contribution in [-0.4, -0.2) is 61.6 Å². The number of nitrogens with one attached hydrogen (secondary N) is 1. The molecule has 1 fully saturated rings. The molecular weight excluding hydrogens is 350 g/mol. The number of methoxy groups -OCH3 is 1. The first-order valence-corrected chi connectivity index (χ1v) is 10.6. The molecule has 0 unspecified atom stereocenters. The van der Waals surface area contributed by atoms with Crippen molar-refractivity contribution in [2.75, 3.05) is 39.8 Å². The Kier molecular flexibility index (Phi) is 7.51. The number of para-hydroxylation sites is 1. The summed E-state index contributed by atoms with van der Waals surface area (Å²) >= 11 is 0. The van der Waals surface area contributed by atoms with Gasteiger partial charge in [-0.15, -0.1) is 0 Å². The Bertz CT molecular complexity index is 666. The molecule has 2 aliphatic rings. The van der Waals surface area contributed by atoms with E-state index < -0.39 is 0 Å². The SMILES string of the molecule is COc1ccccc1CN1CCC(CN(CC(C)C)C(=O)[C@@H]2C=CCN2)CC1. The summed E-state index contributed by atoms with van der Waals surface area (Å²) in [5, 5.41) is 3.27. The van der Waals surface area contributed by atoms with Gasteiger partial charge in [-0.05, 0) is 43.8 Å². The van der Waals surface area contributed by atoms with Gasteiger partial charge in [0.2, 0.25) is 5.91 Å². The highest BCUT2D eigenvalue weighted by Crippen LogP contribution is 2.24. The normalized spacial score (nSPS) is 20.6. The Morgan fingerprint density at radius 3 is 2.68 bits per heavy atom. The van der Waals surface area contributed by atoms with Crippen LogP contribution in [-0.2, 0) is 11.3 Å². The molecule has 0 spiro atoms. The highest BCUT2D eigenvalue weighted by atomic mass is 16.5. The number of carbonyl (C=O) groups is 1. The fraction of sp³-hybridized carbons (Fsp3) is 0.609. The van der Waals surface area contributed by atoms with Crippen molar-refractivity contribution >= 4 is 5.91 Å². The molecular formula is C23H35N3O2. The van der Waals surface area contributed by atoms with Crippen LogP contribution in [0.4, 0.5) is 0 Å². The van der Waals surface area contributed by atoms with Gasteiger partial charge >= 0.3 is 0 Å². The van der Waals surface area contributed by atoms with Crippen molar-refractivity contribution in [3.8, 4) is 5.75 Å². The van der Waals surface area contributed by atoms with E-state index in [1.807, 2.05) is 24.3 Å². The highest BCUT2D eigenvalue weighted by Gasteiger charge is 2.28. The molecule has 1 aromatic carbocycles. The Morgan fingerprint density at radius 1 is 1.29 bits per heavy atom. The molecule has 0 aromatic heterocycles. The second-order valence-electron chi connectivity index (χ2n) is 8.48. The second kappa shape index (κ2) is 10.1. The van der Waals surface area contributed by atoms with Crippen molar-refractivity contribution in [1.29, 1.82) is 0 Å². The fourth-order valence-corrected chi connectivity index (χ4v) is 4.24. The predicted octanol–water partition coefficient (Wildman–Crippen LogP) is 2.92. The van der Waals surface area contributed by atoms with Gasteiger partial charge in [-0.2, -0.15) is 0 Å². The van der Waals surface area contributed by atoms with Crippen molar-refractivity contribution < 1.29 is 9.53 Å². The number of nitrogens with zero attached hydrogens (tertiary/aromatic N) is 2. The number of hydrogen-bond acceptors (Lipinski definition) is 4. The average Bonchev–Trinajstić information content (AvgIpc) is 3.23. The Morgan fingerprint density at radius 2 is 2.04 bits per heavy atom. The molecule has 1 amide bonds. The van der Waals surface area contributed by atoms with Gasteiger partial charge in [0.25, 0.3) is 0 Å². The lowest BCUT2D eigenvalue weighted by Crippen LogP contribution is -2.48. The minimum Gasteiger partial charge on any atom is -0.496 e. The number of amides is 1. The summed E-state index contributed by atoms with van der Waals surface area (Å²) in [7, 11) is 1.74. The number of piperidine rings is 1. The van der Waals surface area contributed by atoms with Gasteiger partial charge in [-0.25, -0.2) is 0 Å². The third-order valence-electron chi connectivity index (χ3n) is 5.72. The van der Waals surface area contributed by atoms with Crippen molar-refractivity contribution in [3.05, 3.63) is 42.0 Å². The van der Waals surface area contributed by atoms with Crippen molar-refractivity contribution in [2.45, 2.75) is 39.3 Å². The van der Waals surface area contributed by atoms with Crippen LogP contribution in [0.3, 0.4) is 0 Å². The van der Waals surface area contributed by atoms with Crippen molar-refractivity contribution in [3.63, 3.8) is 0 Å². The summed E-state index contributed by atoms with van der Waals surface area (Å²) in [6.45, 7) is 9.98. The minimum atomic E-state index is -0.135. The van der Waals surface area contributed by atoms with Gasteiger partial charge in [-0.3, -0.25) is 15.0 Å². The van der Waals surface area contributed by atoms with Gasteiger partial charge in [0.05, 0.1) is 7.11 Å². The molecule has 2 heterocycles. The maximum Gasteiger partial charge on any atom is 0.243 e. The van der Waals surface area contributed by atoms with Gasteiger partial charge in [0.15, 0.2) is 0 Å². The van der Waals surface area contributed by atoms with E-state index in [1.165, 1.54) is 5.56 Å². The maximum atomic E-state index is 12.9. The van der Waals surface area contributed by atoms with Crippen LogP contribution in [0.25, 0.3) is 0 Å². The van der Waals surface area contributed by atoms with E-state index in [9.17, 15) is 4.79 Å². The third kappa shape index (κ3) is 5.58. The Hall–Kier alpha value is -1.85. The summed E-state index contributed by atoms with van der Waals surface area (Å²) < 4.78 is 5.49. The number of rotatable bonds is 8. The summed E-state index contributed by atoms with van der Waals surface area (Å²) in [5.74, 6) is 2.27. The van der Waals surface area contributed by atoms with Gasteiger partial charge in [-0.1, -0.05) is 44.2 Å². The number of ether oxygens (including phenoxy) is 1. The van der Waals surface area contributed by atoms with Crippen LogP contribution in [0.1, 0.15) is 32.3 Å². The van der Waals surface area contributed by atoms with E-state index in [1.54, 1.807) is 7.11 Å². The number of hydrogen-bond donors (Lipinski definition) is 1. The predicted molar refractivity (Wildman–Crippen MR) is 113 cm³/mol. The van der Waals surface area contributed by atoms with E-state index in [2.05, 4.69) is 41.1 Å².